The molecule has 4 heterocycles. The van der Waals surface area contributed by atoms with Crippen LogP contribution in [0.4, 0.5) is 5.13 Å². The molecule has 2 amide bonds. The molecule has 1 aliphatic heterocycles. The minimum Gasteiger partial charge on any atom is -0.332 e. The second-order valence-corrected chi connectivity index (χ2v) is 9.01. The maximum Gasteiger partial charge on any atom is 0.264 e. The zero-order valence-electron chi connectivity index (χ0n) is 12.8. The van der Waals surface area contributed by atoms with Crippen LogP contribution in [0.2, 0.25) is 4.34 Å². The van der Waals surface area contributed by atoms with E-state index in [9.17, 15) is 9.59 Å². The van der Waals surface area contributed by atoms with Crippen molar-refractivity contribution in [3.63, 3.8) is 0 Å². The molecule has 5 nitrogen and oxygen atoms in total. The van der Waals surface area contributed by atoms with Gasteiger partial charge in [-0.05, 0) is 23.6 Å². The lowest BCUT2D eigenvalue weighted by Gasteiger charge is -2.25. The highest BCUT2D eigenvalue weighted by Gasteiger charge is 2.26. The van der Waals surface area contributed by atoms with Crippen LogP contribution < -0.4 is 5.32 Å². The molecule has 1 aliphatic rings. The van der Waals surface area contributed by atoms with E-state index in [1.165, 1.54) is 34.0 Å². The molecule has 0 atom stereocenters. The number of hydrogen-bond acceptors (Lipinski definition) is 6. The van der Waals surface area contributed by atoms with Gasteiger partial charge < -0.3 is 4.90 Å². The molecule has 0 aliphatic carbocycles. The number of halogens is 1. The summed E-state index contributed by atoms with van der Waals surface area (Å²) in [4.78, 5) is 32.7. The first kappa shape index (κ1) is 16.7. The first-order valence-electron chi connectivity index (χ1n) is 7.47. The zero-order chi connectivity index (χ0) is 17.4. The molecular formula is C16H12ClN3O2S3. The van der Waals surface area contributed by atoms with E-state index in [2.05, 4.69) is 10.3 Å². The number of anilines is 1. The Morgan fingerprint density at radius 3 is 2.84 bits per heavy atom. The highest BCUT2D eigenvalue weighted by atomic mass is 35.5. The minimum absolute atomic E-state index is 0.0141. The van der Waals surface area contributed by atoms with Crippen molar-refractivity contribution >= 4 is 62.6 Å². The van der Waals surface area contributed by atoms with Crippen LogP contribution in [0, 0.1) is 0 Å². The van der Waals surface area contributed by atoms with Crippen molar-refractivity contribution in [3.05, 3.63) is 54.3 Å². The fourth-order valence-electron chi connectivity index (χ4n) is 2.57. The number of aromatic nitrogens is 1. The highest BCUT2D eigenvalue weighted by Crippen LogP contribution is 2.30. The number of carbonyl (C=O) groups excluding carboxylic acids is 2. The van der Waals surface area contributed by atoms with Crippen molar-refractivity contribution in [2.45, 2.75) is 13.0 Å². The van der Waals surface area contributed by atoms with E-state index < -0.39 is 0 Å². The van der Waals surface area contributed by atoms with Gasteiger partial charge in [-0.2, -0.15) is 11.3 Å². The van der Waals surface area contributed by atoms with Gasteiger partial charge in [-0.25, -0.2) is 4.98 Å². The minimum atomic E-state index is -0.159. The largest absolute Gasteiger partial charge is 0.332 e. The fourth-order valence-corrected chi connectivity index (χ4v) is 5.24. The lowest BCUT2D eigenvalue weighted by atomic mass is 10.2. The van der Waals surface area contributed by atoms with Crippen LogP contribution in [-0.2, 0) is 13.0 Å². The quantitative estimate of drug-likeness (QED) is 0.698. The zero-order valence-corrected chi connectivity index (χ0v) is 16.0. The molecule has 4 rings (SSSR count). The molecule has 9 heteroatoms. The molecule has 0 saturated heterocycles. The van der Waals surface area contributed by atoms with Gasteiger partial charge in [0, 0.05) is 23.2 Å². The van der Waals surface area contributed by atoms with E-state index in [0.29, 0.717) is 39.4 Å². The van der Waals surface area contributed by atoms with Crippen molar-refractivity contribution in [2.75, 3.05) is 11.9 Å². The van der Waals surface area contributed by atoms with Gasteiger partial charge >= 0.3 is 0 Å². The summed E-state index contributed by atoms with van der Waals surface area (Å²) in [5.74, 6) is -0.173. The number of thiazole rings is 1. The standard InChI is InChI=1S/C16H12ClN3O2S3/c17-13-2-1-11(24-13)15(22)20-5-3-10-12(7-20)25-16(18-10)19-14(21)9-4-6-23-8-9/h1-2,4,6,8H,3,5,7H2,(H,18,19,21). The topological polar surface area (TPSA) is 62.3 Å². The van der Waals surface area contributed by atoms with Crippen molar-refractivity contribution < 1.29 is 9.59 Å². The van der Waals surface area contributed by atoms with Gasteiger partial charge in [-0.15, -0.1) is 11.3 Å². The number of hydrogen-bond donors (Lipinski definition) is 1. The lowest BCUT2D eigenvalue weighted by molar-refractivity contribution is 0.0741. The third kappa shape index (κ3) is 3.48. The van der Waals surface area contributed by atoms with Crippen molar-refractivity contribution in [3.8, 4) is 0 Å². The van der Waals surface area contributed by atoms with Crippen LogP contribution in [-0.4, -0.2) is 28.2 Å². The van der Waals surface area contributed by atoms with E-state index >= 15 is 0 Å². The third-order valence-corrected chi connectivity index (χ3v) is 6.71. The molecule has 0 radical (unpaired) electrons. The Kier molecular flexibility index (Phi) is 4.60. The molecule has 0 saturated carbocycles. The van der Waals surface area contributed by atoms with E-state index in [0.717, 1.165) is 10.6 Å². The van der Waals surface area contributed by atoms with Gasteiger partial charge in [0.25, 0.3) is 11.8 Å². The normalized spacial score (nSPS) is 13.6. The summed E-state index contributed by atoms with van der Waals surface area (Å²) in [5.41, 5.74) is 1.59. The molecule has 3 aromatic rings. The van der Waals surface area contributed by atoms with Gasteiger partial charge in [0.15, 0.2) is 5.13 Å². The first-order valence-corrected chi connectivity index (χ1v) is 10.4. The predicted octanol–water partition coefficient (Wildman–Crippen LogP) is 4.37. The molecule has 3 aromatic heterocycles. The van der Waals surface area contributed by atoms with Crippen molar-refractivity contribution in [1.29, 1.82) is 0 Å². The Labute approximate surface area is 160 Å². The molecule has 0 spiro atoms. The van der Waals surface area contributed by atoms with Crippen LogP contribution >= 0.6 is 45.6 Å². The maximum atomic E-state index is 12.6. The number of nitrogens with zero attached hydrogens (tertiary/aromatic N) is 2. The SMILES string of the molecule is O=C(Nc1nc2c(s1)CN(C(=O)c1ccc(Cl)s1)CC2)c1ccsc1. The van der Waals surface area contributed by atoms with Crippen LogP contribution in [0.1, 0.15) is 30.6 Å². The number of nitrogens with one attached hydrogen (secondary N) is 1. The van der Waals surface area contributed by atoms with Crippen LogP contribution in [0.3, 0.4) is 0 Å². The van der Waals surface area contributed by atoms with Crippen LogP contribution in [0.15, 0.2) is 29.0 Å². The van der Waals surface area contributed by atoms with Crippen LogP contribution in [0.5, 0.6) is 0 Å². The number of rotatable bonds is 3. The Bertz CT molecular complexity index is 932. The van der Waals surface area contributed by atoms with Crippen molar-refractivity contribution in [1.82, 2.24) is 9.88 Å². The molecular weight excluding hydrogens is 398 g/mol. The summed E-state index contributed by atoms with van der Waals surface area (Å²) in [6.07, 6.45) is 0.686. The Balaban J connectivity index is 1.47. The first-order chi connectivity index (χ1) is 12.1. The highest BCUT2D eigenvalue weighted by molar-refractivity contribution is 7.18. The van der Waals surface area contributed by atoms with Gasteiger partial charge in [-0.1, -0.05) is 22.9 Å². The molecule has 0 unspecified atom stereocenters. The number of thiophene rings is 2. The number of fused-ring (bicyclic) bond motifs is 1. The number of amides is 2. The van der Waals surface area contributed by atoms with Crippen molar-refractivity contribution in [2.24, 2.45) is 0 Å². The predicted molar refractivity (Wildman–Crippen MR) is 102 cm³/mol. The Hall–Kier alpha value is -1.74. The molecule has 0 bridgehead atoms. The Morgan fingerprint density at radius 1 is 1.24 bits per heavy atom. The second-order valence-electron chi connectivity index (χ2n) is 5.44. The maximum absolute atomic E-state index is 12.6. The smallest absolute Gasteiger partial charge is 0.264 e. The van der Waals surface area contributed by atoms with Crippen LogP contribution in [0.25, 0.3) is 0 Å². The van der Waals surface area contributed by atoms with Gasteiger partial charge in [-0.3, -0.25) is 14.9 Å². The number of carbonyl (C=O) groups is 2. The Morgan fingerprint density at radius 2 is 2.12 bits per heavy atom. The summed E-state index contributed by atoms with van der Waals surface area (Å²) < 4.78 is 0.609. The summed E-state index contributed by atoms with van der Waals surface area (Å²) in [5, 5.41) is 7.08. The molecule has 0 fully saturated rings. The van der Waals surface area contributed by atoms with Gasteiger partial charge in [0.1, 0.15) is 0 Å². The van der Waals surface area contributed by atoms with E-state index in [1.807, 2.05) is 5.38 Å². The molecule has 1 N–H and O–H groups in total. The fraction of sp³-hybridized carbons (Fsp3) is 0.188. The van der Waals surface area contributed by atoms with E-state index in [1.54, 1.807) is 28.5 Å². The summed E-state index contributed by atoms with van der Waals surface area (Å²) in [6.45, 7) is 1.12. The average molecular weight is 410 g/mol. The van der Waals surface area contributed by atoms with E-state index in [4.69, 9.17) is 11.6 Å². The second kappa shape index (κ2) is 6.87. The molecule has 0 aromatic carbocycles. The lowest BCUT2D eigenvalue weighted by Crippen LogP contribution is -2.35. The van der Waals surface area contributed by atoms with Gasteiger partial charge in [0.05, 0.1) is 27.0 Å². The third-order valence-electron chi connectivity index (χ3n) is 3.81. The summed E-state index contributed by atoms with van der Waals surface area (Å²) in [7, 11) is 0. The molecule has 25 heavy (non-hydrogen) atoms. The summed E-state index contributed by atoms with van der Waals surface area (Å²) in [6, 6.07) is 5.27. The van der Waals surface area contributed by atoms with E-state index in [-0.39, 0.29) is 11.8 Å². The average Bonchev–Trinajstić information content (AvgIpc) is 3.33. The monoisotopic (exact) mass is 409 g/mol. The van der Waals surface area contributed by atoms with Gasteiger partial charge in [0.2, 0.25) is 0 Å². The summed E-state index contributed by atoms with van der Waals surface area (Å²) >= 11 is 10.1. The molecule has 128 valence electrons.